The summed E-state index contributed by atoms with van der Waals surface area (Å²) >= 11 is 0. The Labute approximate surface area is 159 Å². The van der Waals surface area contributed by atoms with E-state index in [2.05, 4.69) is 20.0 Å². The summed E-state index contributed by atoms with van der Waals surface area (Å²) in [6.45, 7) is 8.11. The van der Waals surface area contributed by atoms with Crippen LogP contribution in [0.5, 0.6) is 0 Å². The molecule has 4 rings (SSSR count). The lowest BCUT2D eigenvalue weighted by molar-refractivity contribution is -0.138. The summed E-state index contributed by atoms with van der Waals surface area (Å²) in [6, 6.07) is 1.92. The van der Waals surface area contributed by atoms with Gasteiger partial charge < -0.3 is 13.7 Å². The second-order valence-corrected chi connectivity index (χ2v) is 7.76. The Hall–Kier alpha value is -2.15. The first-order valence-corrected chi connectivity index (χ1v) is 10.0. The summed E-state index contributed by atoms with van der Waals surface area (Å²) in [6.07, 6.45) is 5.39. The molecular weight excluding hydrogens is 344 g/mol. The van der Waals surface area contributed by atoms with Crippen LogP contribution in [0.4, 0.5) is 0 Å². The van der Waals surface area contributed by atoms with E-state index >= 15 is 0 Å². The topological polar surface area (TPSA) is 75.6 Å². The van der Waals surface area contributed by atoms with E-state index in [1.54, 1.807) is 0 Å². The van der Waals surface area contributed by atoms with Gasteiger partial charge in [-0.25, -0.2) is 0 Å². The molecule has 146 valence electrons. The number of carbonyl (C=O) groups excluding carboxylic acids is 1. The summed E-state index contributed by atoms with van der Waals surface area (Å²) in [5.41, 5.74) is 0.858. The zero-order chi connectivity index (χ0) is 18.8. The largest absolute Gasteiger partial charge is 0.466 e. The molecule has 0 atom stereocenters. The van der Waals surface area contributed by atoms with Crippen molar-refractivity contribution in [2.24, 2.45) is 5.92 Å². The van der Waals surface area contributed by atoms with Gasteiger partial charge in [0.05, 0.1) is 12.1 Å². The summed E-state index contributed by atoms with van der Waals surface area (Å²) < 4.78 is 11.4. The van der Waals surface area contributed by atoms with Gasteiger partial charge in [-0.15, -0.1) is 10.2 Å². The van der Waals surface area contributed by atoms with Crippen LogP contribution in [0.1, 0.15) is 49.5 Å². The van der Waals surface area contributed by atoms with E-state index < -0.39 is 0 Å². The predicted molar refractivity (Wildman–Crippen MR) is 99.9 cm³/mol. The molecule has 0 spiro atoms. The van der Waals surface area contributed by atoms with Crippen LogP contribution in [0.3, 0.4) is 0 Å². The first kappa shape index (κ1) is 18.2. The minimum absolute atomic E-state index is 0.175. The lowest BCUT2D eigenvalue weighted by atomic mass is 9.94. The first-order valence-electron chi connectivity index (χ1n) is 10.0. The molecule has 2 aliphatic rings. The van der Waals surface area contributed by atoms with Crippen molar-refractivity contribution in [1.29, 1.82) is 0 Å². The Balaban J connectivity index is 1.30. The van der Waals surface area contributed by atoms with Crippen molar-refractivity contribution in [2.75, 3.05) is 26.2 Å². The Morgan fingerprint density at radius 1 is 1.07 bits per heavy atom. The Bertz CT molecular complexity index is 783. The van der Waals surface area contributed by atoms with Gasteiger partial charge >= 0.3 is 0 Å². The lowest BCUT2D eigenvalue weighted by Crippen LogP contribution is -2.44. The van der Waals surface area contributed by atoms with E-state index in [9.17, 15) is 4.79 Å². The van der Waals surface area contributed by atoms with E-state index in [0.717, 1.165) is 68.9 Å². The van der Waals surface area contributed by atoms with E-state index in [4.69, 9.17) is 8.83 Å². The average molecular weight is 372 g/mol. The highest BCUT2D eigenvalue weighted by Gasteiger charge is 2.29. The number of furan rings is 1. The van der Waals surface area contributed by atoms with E-state index in [-0.39, 0.29) is 5.92 Å². The summed E-state index contributed by atoms with van der Waals surface area (Å²) in [5.74, 6) is 3.29. The number of hydrogen-bond donors (Lipinski definition) is 0. The SMILES string of the molecule is Cc1cc(-c2nnc(CN3CCC(C(=O)N4CCCCC4)CC3)o2)c(C)o1. The molecule has 1 amide bonds. The summed E-state index contributed by atoms with van der Waals surface area (Å²) in [7, 11) is 0. The van der Waals surface area contributed by atoms with Crippen LogP contribution in [-0.2, 0) is 11.3 Å². The maximum Gasteiger partial charge on any atom is 0.251 e. The highest BCUT2D eigenvalue weighted by Crippen LogP contribution is 2.27. The molecule has 0 saturated carbocycles. The van der Waals surface area contributed by atoms with Crippen molar-refractivity contribution >= 4 is 5.91 Å². The number of nitrogens with zero attached hydrogens (tertiary/aromatic N) is 4. The monoisotopic (exact) mass is 372 g/mol. The fourth-order valence-corrected chi connectivity index (χ4v) is 4.17. The van der Waals surface area contributed by atoms with Crippen LogP contribution in [0.2, 0.25) is 0 Å². The minimum atomic E-state index is 0.175. The molecule has 2 saturated heterocycles. The van der Waals surface area contributed by atoms with Crippen molar-refractivity contribution in [1.82, 2.24) is 20.0 Å². The summed E-state index contributed by atoms with van der Waals surface area (Å²) in [5, 5.41) is 8.36. The molecule has 2 aromatic rings. The molecule has 2 fully saturated rings. The number of aryl methyl sites for hydroxylation is 2. The molecule has 7 nitrogen and oxygen atoms in total. The van der Waals surface area contributed by atoms with E-state index in [0.29, 0.717) is 24.2 Å². The van der Waals surface area contributed by atoms with Gasteiger partial charge in [-0.2, -0.15) is 0 Å². The van der Waals surface area contributed by atoms with E-state index in [1.165, 1.54) is 6.42 Å². The van der Waals surface area contributed by atoms with Crippen LogP contribution < -0.4 is 0 Å². The number of amides is 1. The van der Waals surface area contributed by atoms with Gasteiger partial charge in [0.2, 0.25) is 11.8 Å². The van der Waals surface area contributed by atoms with Crippen LogP contribution in [0.15, 0.2) is 14.9 Å². The average Bonchev–Trinajstić information content (AvgIpc) is 3.28. The van der Waals surface area contributed by atoms with Gasteiger partial charge in [-0.3, -0.25) is 9.69 Å². The second kappa shape index (κ2) is 7.84. The van der Waals surface area contributed by atoms with Crippen LogP contribution in [-0.4, -0.2) is 52.1 Å². The minimum Gasteiger partial charge on any atom is -0.466 e. The highest BCUT2D eigenvalue weighted by atomic mass is 16.4. The third kappa shape index (κ3) is 4.08. The molecule has 0 unspecified atom stereocenters. The maximum absolute atomic E-state index is 12.7. The predicted octanol–water partition coefficient (Wildman–Crippen LogP) is 3.17. The number of hydrogen-bond acceptors (Lipinski definition) is 6. The van der Waals surface area contributed by atoms with Crippen molar-refractivity contribution in [2.45, 2.75) is 52.5 Å². The molecule has 27 heavy (non-hydrogen) atoms. The van der Waals surface area contributed by atoms with Crippen molar-refractivity contribution < 1.29 is 13.6 Å². The zero-order valence-electron chi connectivity index (χ0n) is 16.2. The Kier molecular flexibility index (Phi) is 5.29. The molecule has 2 aromatic heterocycles. The van der Waals surface area contributed by atoms with Gasteiger partial charge in [0.1, 0.15) is 11.5 Å². The first-order chi connectivity index (χ1) is 13.1. The van der Waals surface area contributed by atoms with Gasteiger partial charge in [0.25, 0.3) is 5.89 Å². The molecule has 4 heterocycles. The smallest absolute Gasteiger partial charge is 0.251 e. The molecular formula is C20H28N4O3. The van der Waals surface area contributed by atoms with Crippen LogP contribution in [0, 0.1) is 19.8 Å². The molecule has 2 aliphatic heterocycles. The van der Waals surface area contributed by atoms with Crippen LogP contribution >= 0.6 is 0 Å². The quantitative estimate of drug-likeness (QED) is 0.820. The molecule has 0 aromatic carbocycles. The van der Waals surface area contributed by atoms with E-state index in [1.807, 2.05) is 19.9 Å². The van der Waals surface area contributed by atoms with Crippen LogP contribution in [0.25, 0.3) is 11.5 Å². The number of rotatable bonds is 4. The van der Waals surface area contributed by atoms with Crippen molar-refractivity contribution in [3.8, 4) is 11.5 Å². The van der Waals surface area contributed by atoms with Gasteiger partial charge in [-0.1, -0.05) is 0 Å². The molecule has 0 radical (unpaired) electrons. The number of aromatic nitrogens is 2. The van der Waals surface area contributed by atoms with Gasteiger partial charge in [0.15, 0.2) is 0 Å². The lowest BCUT2D eigenvalue weighted by Gasteiger charge is -2.35. The van der Waals surface area contributed by atoms with Gasteiger partial charge in [0, 0.05) is 19.0 Å². The Morgan fingerprint density at radius 3 is 2.48 bits per heavy atom. The van der Waals surface area contributed by atoms with Crippen molar-refractivity contribution in [3.63, 3.8) is 0 Å². The zero-order valence-corrected chi connectivity index (χ0v) is 16.2. The molecule has 0 aliphatic carbocycles. The number of carbonyl (C=O) groups is 1. The number of piperidine rings is 2. The van der Waals surface area contributed by atoms with Gasteiger partial charge in [-0.05, 0) is 65.1 Å². The number of likely N-dealkylation sites (tertiary alicyclic amines) is 2. The second-order valence-electron chi connectivity index (χ2n) is 7.76. The molecule has 0 N–H and O–H groups in total. The molecule has 7 heteroatoms. The fourth-order valence-electron chi connectivity index (χ4n) is 4.17. The standard InChI is InChI=1S/C20H28N4O3/c1-14-12-17(15(2)26-14)19-22-21-18(27-19)13-23-10-6-16(7-11-23)20(25)24-8-4-3-5-9-24/h12,16H,3-11,13H2,1-2H3. The fraction of sp³-hybridized carbons (Fsp3) is 0.650. The normalized spacial score (nSPS) is 19.6. The summed E-state index contributed by atoms with van der Waals surface area (Å²) in [4.78, 5) is 17.0. The third-order valence-corrected chi connectivity index (χ3v) is 5.70. The maximum atomic E-state index is 12.7. The molecule has 0 bridgehead atoms. The van der Waals surface area contributed by atoms with Crippen molar-refractivity contribution in [3.05, 3.63) is 23.5 Å². The highest BCUT2D eigenvalue weighted by molar-refractivity contribution is 5.79. The Morgan fingerprint density at radius 2 is 1.81 bits per heavy atom. The third-order valence-electron chi connectivity index (χ3n) is 5.70.